The van der Waals surface area contributed by atoms with Crippen LogP contribution in [0.25, 0.3) is 0 Å². The van der Waals surface area contributed by atoms with Gasteiger partial charge in [0.1, 0.15) is 0 Å². The zero-order chi connectivity index (χ0) is 16.8. The van der Waals surface area contributed by atoms with Crippen molar-refractivity contribution in [2.45, 2.75) is 12.5 Å². The largest absolute Gasteiger partial charge is 0.479 e. The first-order valence-electron chi connectivity index (χ1n) is 6.72. The van der Waals surface area contributed by atoms with Gasteiger partial charge in [0.05, 0.1) is 6.42 Å². The van der Waals surface area contributed by atoms with Crippen molar-refractivity contribution >= 4 is 30.5 Å². The number of pyridine rings is 1. The van der Waals surface area contributed by atoms with Crippen LogP contribution in [0.5, 0.6) is 0 Å². The molecule has 0 spiro atoms. The van der Waals surface area contributed by atoms with Crippen molar-refractivity contribution < 1.29 is 19.5 Å². The van der Waals surface area contributed by atoms with Crippen LogP contribution in [-0.2, 0) is 16.0 Å². The lowest BCUT2D eigenvalue weighted by molar-refractivity contribution is -0.143. The van der Waals surface area contributed by atoms with E-state index in [-0.39, 0.29) is 12.0 Å². The van der Waals surface area contributed by atoms with Crippen LogP contribution in [-0.4, -0.2) is 38.1 Å². The molecule has 23 heavy (non-hydrogen) atoms. The van der Waals surface area contributed by atoms with Crippen molar-refractivity contribution in [2.75, 3.05) is 0 Å². The van der Waals surface area contributed by atoms with Crippen LogP contribution in [0.2, 0.25) is 0 Å². The second-order valence-corrected chi connectivity index (χ2v) is 5.18. The number of aromatic nitrogens is 1. The molecule has 118 valence electrons. The van der Waals surface area contributed by atoms with Crippen molar-refractivity contribution in [3.05, 3.63) is 66.0 Å². The summed E-state index contributed by atoms with van der Waals surface area (Å²) in [5.41, 5.74) is 0.806. The Hall–Kier alpha value is -2.67. The first-order chi connectivity index (χ1) is 11.0. The van der Waals surface area contributed by atoms with Gasteiger partial charge in [0.2, 0.25) is 11.9 Å². The highest BCUT2D eigenvalue weighted by Crippen LogP contribution is 2.14. The molecule has 7 heteroatoms. The Morgan fingerprint density at radius 1 is 1.13 bits per heavy atom. The Kier molecular flexibility index (Phi) is 5.48. The minimum atomic E-state index is -1.71. The van der Waals surface area contributed by atoms with Gasteiger partial charge in [-0.25, -0.2) is 4.79 Å². The number of thiol groups is 1. The molecule has 1 atom stereocenters. The summed E-state index contributed by atoms with van der Waals surface area (Å²) in [5.74, 6) is -2.78. The second-order valence-electron chi connectivity index (χ2n) is 4.75. The van der Waals surface area contributed by atoms with Crippen LogP contribution in [0.1, 0.15) is 15.9 Å². The van der Waals surface area contributed by atoms with E-state index < -0.39 is 23.7 Å². The topological polar surface area (TPSA) is 87.6 Å². The number of nitrogens with zero attached hydrogens (tertiary/aromatic N) is 2. The van der Waals surface area contributed by atoms with Gasteiger partial charge in [-0.1, -0.05) is 43.1 Å². The molecule has 1 N–H and O–H groups in total. The number of rotatable bonds is 6. The average Bonchev–Trinajstić information content (AvgIpc) is 2.56. The van der Waals surface area contributed by atoms with Gasteiger partial charge in [-0.05, 0) is 17.7 Å². The average molecular weight is 330 g/mol. The van der Waals surface area contributed by atoms with Crippen LogP contribution < -0.4 is 0 Å². The molecule has 2 aromatic rings. The quantitative estimate of drug-likeness (QED) is 0.477. The maximum Gasteiger partial charge on any atom is 0.335 e. The number of amides is 1. The molecule has 0 aliphatic rings. The lowest BCUT2D eigenvalue weighted by Gasteiger charge is -2.22. The van der Waals surface area contributed by atoms with E-state index >= 15 is 0 Å². The summed E-state index contributed by atoms with van der Waals surface area (Å²) in [5, 5.41) is 9.31. The number of hydrogen-bond donors (Lipinski definition) is 2. The molecule has 0 radical (unpaired) electrons. The van der Waals surface area contributed by atoms with Crippen LogP contribution in [0, 0.1) is 0 Å². The summed E-state index contributed by atoms with van der Waals surface area (Å²) >= 11 is 3.94. The Morgan fingerprint density at radius 3 is 2.39 bits per heavy atom. The SMILES string of the molecule is O=C(O)C(C(=O)c1cccnc1)N(S)C(=O)Cc1ccccc1. The predicted octanol–water partition coefficient (Wildman–Crippen LogP) is 1.63. The summed E-state index contributed by atoms with van der Waals surface area (Å²) in [4.78, 5) is 39.7. The van der Waals surface area contributed by atoms with Gasteiger partial charge in [0, 0.05) is 18.0 Å². The zero-order valence-electron chi connectivity index (χ0n) is 12.0. The highest BCUT2D eigenvalue weighted by Gasteiger charge is 2.35. The zero-order valence-corrected chi connectivity index (χ0v) is 12.9. The summed E-state index contributed by atoms with van der Waals surface area (Å²) in [6, 6.07) is 10.0. The van der Waals surface area contributed by atoms with Crippen LogP contribution in [0.3, 0.4) is 0 Å². The molecule has 0 saturated heterocycles. The smallest absolute Gasteiger partial charge is 0.335 e. The standard InChI is InChI=1S/C16H14N2O4S/c19-13(9-11-5-2-1-3-6-11)18(23)14(16(21)22)15(20)12-7-4-8-17-10-12/h1-8,10,14,23H,9H2,(H,21,22). The number of carboxylic acid groups (broad SMARTS) is 1. The van der Waals surface area contributed by atoms with Crippen molar-refractivity contribution in [3.63, 3.8) is 0 Å². The van der Waals surface area contributed by atoms with Crippen LogP contribution in [0.15, 0.2) is 54.9 Å². The van der Waals surface area contributed by atoms with E-state index in [0.29, 0.717) is 9.87 Å². The van der Waals surface area contributed by atoms with Crippen molar-refractivity contribution in [1.82, 2.24) is 9.29 Å². The molecule has 0 aliphatic carbocycles. The Balaban J connectivity index is 2.18. The lowest BCUT2D eigenvalue weighted by atomic mass is 10.1. The van der Waals surface area contributed by atoms with Crippen molar-refractivity contribution in [3.8, 4) is 0 Å². The van der Waals surface area contributed by atoms with Gasteiger partial charge in [-0.2, -0.15) is 0 Å². The molecule has 0 saturated carbocycles. The highest BCUT2D eigenvalue weighted by molar-refractivity contribution is 7.78. The second kappa shape index (κ2) is 7.55. The summed E-state index contributed by atoms with van der Waals surface area (Å²) in [6.45, 7) is 0. The van der Waals surface area contributed by atoms with E-state index in [1.165, 1.54) is 24.5 Å². The fraction of sp³-hybridized carbons (Fsp3) is 0.125. The highest BCUT2D eigenvalue weighted by atomic mass is 32.1. The van der Waals surface area contributed by atoms with E-state index in [1.807, 2.05) is 0 Å². The van der Waals surface area contributed by atoms with Crippen molar-refractivity contribution in [2.24, 2.45) is 0 Å². The molecule has 1 amide bonds. The van der Waals surface area contributed by atoms with E-state index in [4.69, 9.17) is 0 Å². The normalized spacial score (nSPS) is 11.5. The number of hydrogen-bond acceptors (Lipinski definition) is 5. The van der Waals surface area contributed by atoms with E-state index in [0.717, 1.165) is 0 Å². The van der Waals surface area contributed by atoms with Gasteiger partial charge in [0.15, 0.2) is 5.78 Å². The number of Topliss-reactive ketones (excluding diaryl/α,β-unsaturated/α-hetero) is 1. The molecule has 0 fully saturated rings. The summed E-state index contributed by atoms with van der Waals surface area (Å²) in [7, 11) is 0. The van der Waals surface area contributed by atoms with Crippen LogP contribution >= 0.6 is 12.8 Å². The Labute approximate surface area is 138 Å². The van der Waals surface area contributed by atoms with E-state index in [1.54, 1.807) is 30.3 Å². The number of ketones is 1. The minimum absolute atomic E-state index is 0.0472. The van der Waals surface area contributed by atoms with Gasteiger partial charge in [0.25, 0.3) is 0 Å². The number of benzene rings is 1. The minimum Gasteiger partial charge on any atom is -0.479 e. The molecule has 1 aromatic heterocycles. The third-order valence-electron chi connectivity index (χ3n) is 3.13. The molecule has 0 aliphatic heterocycles. The van der Waals surface area contributed by atoms with Gasteiger partial charge in [-0.3, -0.25) is 18.9 Å². The molecule has 1 heterocycles. The first kappa shape index (κ1) is 16.7. The number of carbonyl (C=O) groups excluding carboxylic acids is 2. The van der Waals surface area contributed by atoms with Crippen LogP contribution in [0.4, 0.5) is 0 Å². The van der Waals surface area contributed by atoms with Crippen molar-refractivity contribution in [1.29, 1.82) is 0 Å². The number of carbonyl (C=O) groups is 3. The number of aliphatic carboxylic acids is 1. The van der Waals surface area contributed by atoms with Gasteiger partial charge in [-0.15, -0.1) is 0 Å². The molecule has 1 aromatic carbocycles. The predicted molar refractivity (Wildman–Crippen MR) is 86.0 cm³/mol. The monoisotopic (exact) mass is 330 g/mol. The van der Waals surface area contributed by atoms with E-state index in [9.17, 15) is 19.5 Å². The van der Waals surface area contributed by atoms with E-state index in [2.05, 4.69) is 17.8 Å². The fourth-order valence-electron chi connectivity index (χ4n) is 1.99. The third kappa shape index (κ3) is 4.17. The first-order valence-corrected chi connectivity index (χ1v) is 7.12. The number of carboxylic acids is 1. The van der Waals surface area contributed by atoms with Gasteiger partial charge < -0.3 is 5.11 Å². The molecular weight excluding hydrogens is 316 g/mol. The fourth-order valence-corrected chi connectivity index (χ4v) is 2.26. The van der Waals surface area contributed by atoms with Gasteiger partial charge >= 0.3 is 5.97 Å². The molecular formula is C16H14N2O4S. The summed E-state index contributed by atoms with van der Waals surface area (Å²) < 4.78 is 0.657. The maximum atomic E-state index is 12.3. The third-order valence-corrected chi connectivity index (χ3v) is 3.58. The Bertz CT molecular complexity index is 707. The summed E-state index contributed by atoms with van der Waals surface area (Å²) in [6.07, 6.45) is 2.67. The lowest BCUT2D eigenvalue weighted by Crippen LogP contribution is -2.45. The molecule has 2 rings (SSSR count). The molecule has 0 bridgehead atoms. The maximum absolute atomic E-state index is 12.3. The molecule has 1 unspecified atom stereocenters. The molecule has 6 nitrogen and oxygen atoms in total. The Morgan fingerprint density at radius 2 is 1.83 bits per heavy atom.